The number of carbonyl (C=O) groups excluding carboxylic acids is 1. The summed E-state index contributed by atoms with van der Waals surface area (Å²) in [5, 5.41) is 3.00. The van der Waals surface area contributed by atoms with Gasteiger partial charge in [0.2, 0.25) is 5.82 Å². The van der Waals surface area contributed by atoms with Gasteiger partial charge in [-0.25, -0.2) is 23.7 Å². The number of nitrogens with one attached hydrogen (secondary N) is 1. The Hall–Kier alpha value is -3.50. The lowest BCUT2D eigenvalue weighted by molar-refractivity contribution is -0.143. The monoisotopic (exact) mass is 671 g/mol. The molecule has 1 unspecified atom stereocenters. The van der Waals surface area contributed by atoms with Crippen LogP contribution in [-0.2, 0) is 22.3 Å². The Kier molecular flexibility index (Phi) is 10.7. The summed E-state index contributed by atoms with van der Waals surface area (Å²) < 4.78 is 89.8. The maximum atomic E-state index is 15.9. The number of esters is 1. The number of halogens is 6. The molecule has 0 spiro atoms. The minimum atomic E-state index is -4.76. The van der Waals surface area contributed by atoms with Crippen LogP contribution in [-0.4, -0.2) is 88.8 Å². The number of benzene rings is 1. The van der Waals surface area contributed by atoms with E-state index in [0.717, 1.165) is 49.2 Å². The summed E-state index contributed by atoms with van der Waals surface area (Å²) >= 11 is 1.12. The number of thiazole rings is 1. The highest BCUT2D eigenvalue weighted by Gasteiger charge is 2.33. The Morgan fingerprint density at radius 1 is 1.13 bits per heavy atom. The largest absolute Gasteiger partial charge is 0.466 e. The molecule has 2 aliphatic rings. The van der Waals surface area contributed by atoms with E-state index in [1.54, 1.807) is 11.8 Å². The molecule has 4 heterocycles. The van der Waals surface area contributed by atoms with Crippen LogP contribution < -0.4 is 10.2 Å². The van der Waals surface area contributed by atoms with E-state index < -0.39 is 36.1 Å². The van der Waals surface area contributed by atoms with Gasteiger partial charge in [0.1, 0.15) is 18.8 Å². The molecule has 0 radical (unpaired) electrons. The number of ether oxygens (including phenoxy) is 1. The number of rotatable bonds is 11. The highest BCUT2D eigenvalue weighted by molar-refractivity contribution is 7.16. The van der Waals surface area contributed by atoms with Gasteiger partial charge in [0, 0.05) is 49.2 Å². The zero-order chi connectivity index (χ0) is 33.0. The van der Waals surface area contributed by atoms with E-state index in [-0.39, 0.29) is 59.6 Å². The molecule has 2 aromatic heterocycles. The molecule has 0 saturated carbocycles. The van der Waals surface area contributed by atoms with Crippen molar-refractivity contribution in [1.82, 2.24) is 24.8 Å². The molecule has 2 fully saturated rings. The highest BCUT2D eigenvalue weighted by atomic mass is 32.1. The van der Waals surface area contributed by atoms with Crippen molar-refractivity contribution in [3.05, 3.63) is 46.6 Å². The zero-order valence-corrected chi connectivity index (χ0v) is 26.2. The van der Waals surface area contributed by atoms with Crippen molar-refractivity contribution in [1.29, 1.82) is 0 Å². The molecule has 0 bridgehead atoms. The van der Waals surface area contributed by atoms with Crippen molar-refractivity contribution >= 4 is 34.1 Å². The quantitative estimate of drug-likeness (QED) is 0.194. The summed E-state index contributed by atoms with van der Waals surface area (Å²) in [4.78, 5) is 30.6. The predicted molar refractivity (Wildman–Crippen MR) is 162 cm³/mol. The first-order valence-electron chi connectivity index (χ1n) is 15.1. The van der Waals surface area contributed by atoms with Crippen LogP contribution in [0.4, 0.5) is 43.1 Å². The van der Waals surface area contributed by atoms with Gasteiger partial charge in [-0.3, -0.25) is 14.6 Å². The maximum absolute atomic E-state index is 15.9. The van der Waals surface area contributed by atoms with Gasteiger partial charge in [0.15, 0.2) is 16.8 Å². The van der Waals surface area contributed by atoms with Crippen molar-refractivity contribution in [3.63, 3.8) is 0 Å². The lowest BCUT2D eigenvalue weighted by Crippen LogP contribution is -2.55. The first-order chi connectivity index (χ1) is 22.0. The van der Waals surface area contributed by atoms with E-state index in [2.05, 4.69) is 32.1 Å². The molecule has 250 valence electrons. The molecule has 2 saturated heterocycles. The van der Waals surface area contributed by atoms with E-state index in [0.29, 0.717) is 37.1 Å². The maximum Gasteiger partial charge on any atom is 0.416 e. The van der Waals surface area contributed by atoms with Gasteiger partial charge in [-0.05, 0) is 51.4 Å². The zero-order valence-electron chi connectivity index (χ0n) is 25.4. The Bertz CT molecular complexity index is 1520. The van der Waals surface area contributed by atoms with Crippen molar-refractivity contribution in [2.75, 3.05) is 56.2 Å². The van der Waals surface area contributed by atoms with Gasteiger partial charge in [0.05, 0.1) is 30.3 Å². The number of piperazine rings is 1. The average molecular weight is 672 g/mol. The summed E-state index contributed by atoms with van der Waals surface area (Å²) in [5.74, 6) is -2.50. The van der Waals surface area contributed by atoms with E-state index in [1.165, 1.54) is 0 Å². The standard InChI is InChI=1S/C30H35F6N7O2S/c1-3-45-24(44)6-8-41-9-10-43(15-22(41)14-31)28-25(33)27(37-17-38-28)40-29-39-26(23(46-29)16-42-7-4-5-18(42)2)19-11-20(30(34,35)36)13-21(32)12-19/h11-13,17-18,22H,3-10,14-16H2,1-2H3,(H,37,38,39,40)/t18-,22?/m1/s1. The van der Waals surface area contributed by atoms with E-state index in [1.807, 2.05) is 4.90 Å². The second-order valence-corrected chi connectivity index (χ2v) is 12.4. The number of nitrogens with zero attached hydrogens (tertiary/aromatic N) is 6. The smallest absolute Gasteiger partial charge is 0.416 e. The fourth-order valence-corrected chi connectivity index (χ4v) is 6.81. The van der Waals surface area contributed by atoms with Crippen molar-refractivity contribution in [2.45, 2.75) is 57.9 Å². The van der Waals surface area contributed by atoms with Crippen LogP contribution in [0.25, 0.3) is 11.3 Å². The summed E-state index contributed by atoms with van der Waals surface area (Å²) in [6, 6.07) is 1.93. The predicted octanol–water partition coefficient (Wildman–Crippen LogP) is 6.04. The normalized spacial score (nSPS) is 19.5. The van der Waals surface area contributed by atoms with Crippen LogP contribution in [0.2, 0.25) is 0 Å². The number of hydrogen-bond acceptors (Lipinski definition) is 10. The molecular weight excluding hydrogens is 636 g/mol. The summed E-state index contributed by atoms with van der Waals surface area (Å²) in [5.41, 5.74) is -1.01. The van der Waals surface area contributed by atoms with Crippen molar-refractivity contribution in [3.8, 4) is 11.3 Å². The van der Waals surface area contributed by atoms with Crippen LogP contribution >= 0.6 is 11.3 Å². The summed E-state index contributed by atoms with van der Waals surface area (Å²) in [6.45, 7) is 5.57. The highest BCUT2D eigenvalue weighted by Crippen LogP contribution is 2.39. The lowest BCUT2D eigenvalue weighted by atomic mass is 10.1. The molecule has 5 rings (SSSR count). The van der Waals surface area contributed by atoms with Gasteiger partial charge < -0.3 is 15.0 Å². The molecule has 9 nitrogen and oxygen atoms in total. The third-order valence-electron chi connectivity index (χ3n) is 8.22. The molecule has 3 aromatic rings. The summed E-state index contributed by atoms with van der Waals surface area (Å²) in [6.07, 6.45) is -1.55. The third-order valence-corrected chi connectivity index (χ3v) is 9.18. The van der Waals surface area contributed by atoms with Gasteiger partial charge in [-0.15, -0.1) is 0 Å². The molecule has 0 amide bonds. The SMILES string of the molecule is CCOC(=O)CCN1CCN(c2ncnc(Nc3nc(-c4cc(F)cc(C(F)(F)F)c4)c(CN4CCC[C@H]4C)s3)c2F)CC1CF. The number of alkyl halides is 4. The number of hydrogen-bond donors (Lipinski definition) is 1. The fourth-order valence-electron chi connectivity index (χ4n) is 5.80. The molecular formula is C30H35F6N7O2S. The molecule has 2 atom stereocenters. The van der Waals surface area contributed by atoms with Crippen molar-refractivity contribution in [2.24, 2.45) is 0 Å². The van der Waals surface area contributed by atoms with E-state index >= 15 is 4.39 Å². The van der Waals surface area contributed by atoms with Gasteiger partial charge in [0.25, 0.3) is 0 Å². The molecule has 46 heavy (non-hydrogen) atoms. The van der Waals surface area contributed by atoms with E-state index in [9.17, 15) is 26.7 Å². The Morgan fingerprint density at radius 3 is 2.63 bits per heavy atom. The Balaban J connectivity index is 1.39. The van der Waals surface area contributed by atoms with E-state index in [4.69, 9.17) is 4.74 Å². The second-order valence-electron chi connectivity index (χ2n) is 11.3. The molecule has 2 aliphatic heterocycles. The minimum Gasteiger partial charge on any atom is -0.466 e. The average Bonchev–Trinajstić information content (AvgIpc) is 3.61. The van der Waals surface area contributed by atoms with Gasteiger partial charge >= 0.3 is 12.1 Å². The lowest BCUT2D eigenvalue weighted by Gasteiger charge is -2.40. The Labute approximate surface area is 266 Å². The number of carbonyl (C=O) groups is 1. The fraction of sp³-hybridized carbons (Fsp3) is 0.533. The van der Waals surface area contributed by atoms with Gasteiger partial charge in [-0.2, -0.15) is 17.6 Å². The topological polar surface area (TPSA) is 86.7 Å². The molecule has 1 N–H and O–H groups in total. The van der Waals surface area contributed by atoms with Crippen LogP contribution in [0.5, 0.6) is 0 Å². The third kappa shape index (κ3) is 7.89. The van der Waals surface area contributed by atoms with Crippen LogP contribution in [0.1, 0.15) is 43.6 Å². The number of likely N-dealkylation sites (tertiary alicyclic amines) is 1. The number of anilines is 3. The minimum absolute atomic E-state index is 0.0413. The Morgan fingerprint density at radius 2 is 1.93 bits per heavy atom. The van der Waals surface area contributed by atoms with Crippen molar-refractivity contribution < 1.29 is 35.9 Å². The first-order valence-corrected chi connectivity index (χ1v) is 15.9. The molecule has 0 aliphatic carbocycles. The second kappa shape index (κ2) is 14.5. The van der Waals surface area contributed by atoms with Gasteiger partial charge in [-0.1, -0.05) is 11.3 Å². The molecule has 1 aromatic carbocycles. The first kappa shape index (κ1) is 33.9. The van der Waals surface area contributed by atoms with Crippen LogP contribution in [0, 0.1) is 11.6 Å². The molecule has 16 heteroatoms. The van der Waals surface area contributed by atoms with Crippen LogP contribution in [0.15, 0.2) is 24.5 Å². The number of aromatic nitrogens is 3. The summed E-state index contributed by atoms with van der Waals surface area (Å²) in [7, 11) is 0. The van der Waals surface area contributed by atoms with Crippen LogP contribution in [0.3, 0.4) is 0 Å².